The molecule has 1 saturated carbocycles. The summed E-state index contributed by atoms with van der Waals surface area (Å²) in [6, 6.07) is 10.7. The fraction of sp³-hybridized carbons (Fsp3) is 0.588. The number of carbonyl (C=O) groups is 1. The molecule has 1 aromatic carbocycles. The van der Waals surface area contributed by atoms with Crippen LogP contribution in [0.25, 0.3) is 0 Å². The summed E-state index contributed by atoms with van der Waals surface area (Å²) in [5, 5.41) is 0. The lowest BCUT2D eigenvalue weighted by atomic mass is 9.78. The summed E-state index contributed by atoms with van der Waals surface area (Å²) in [5.74, 6) is 1.23. The van der Waals surface area contributed by atoms with E-state index >= 15 is 0 Å². The van der Waals surface area contributed by atoms with E-state index in [2.05, 4.69) is 35.2 Å². The van der Waals surface area contributed by atoms with Crippen molar-refractivity contribution in [3.63, 3.8) is 0 Å². The van der Waals surface area contributed by atoms with Crippen LogP contribution < -0.4 is 0 Å². The number of halogens is 1. The largest absolute Gasteiger partial charge is 0.341 e. The SMILES string of the molecule is O=C1CC(CCl)CN1CC1(c2ccccc2)CCCC1. The second kappa shape index (κ2) is 5.77. The van der Waals surface area contributed by atoms with Crippen molar-refractivity contribution < 1.29 is 4.79 Å². The van der Waals surface area contributed by atoms with Crippen LogP contribution in [-0.4, -0.2) is 29.8 Å². The zero-order valence-corrected chi connectivity index (χ0v) is 12.6. The molecule has 3 heteroatoms. The molecule has 1 aromatic rings. The molecule has 1 aliphatic heterocycles. The van der Waals surface area contributed by atoms with Crippen molar-refractivity contribution in [1.29, 1.82) is 0 Å². The van der Waals surface area contributed by atoms with E-state index in [-0.39, 0.29) is 11.3 Å². The van der Waals surface area contributed by atoms with Gasteiger partial charge in [-0.1, -0.05) is 43.2 Å². The molecule has 1 aliphatic carbocycles. The minimum Gasteiger partial charge on any atom is -0.341 e. The van der Waals surface area contributed by atoms with E-state index in [4.69, 9.17) is 11.6 Å². The van der Waals surface area contributed by atoms with Crippen molar-refractivity contribution in [1.82, 2.24) is 4.90 Å². The molecule has 0 N–H and O–H groups in total. The Morgan fingerprint density at radius 3 is 2.50 bits per heavy atom. The van der Waals surface area contributed by atoms with Gasteiger partial charge in [0, 0.05) is 30.8 Å². The summed E-state index contributed by atoms with van der Waals surface area (Å²) < 4.78 is 0. The fourth-order valence-electron chi connectivity index (χ4n) is 3.86. The van der Waals surface area contributed by atoms with E-state index < -0.39 is 0 Å². The first-order chi connectivity index (χ1) is 9.73. The summed E-state index contributed by atoms with van der Waals surface area (Å²) in [6.07, 6.45) is 5.58. The zero-order chi connectivity index (χ0) is 14.0. The third-order valence-electron chi connectivity index (χ3n) is 4.95. The van der Waals surface area contributed by atoms with Gasteiger partial charge in [0.25, 0.3) is 0 Å². The van der Waals surface area contributed by atoms with Gasteiger partial charge in [-0.2, -0.15) is 0 Å². The first-order valence-electron chi connectivity index (χ1n) is 7.63. The Hall–Kier alpha value is -1.02. The van der Waals surface area contributed by atoms with Crippen molar-refractivity contribution in [2.24, 2.45) is 5.92 Å². The third kappa shape index (κ3) is 2.58. The molecule has 0 radical (unpaired) electrons. The lowest BCUT2D eigenvalue weighted by molar-refractivity contribution is -0.128. The van der Waals surface area contributed by atoms with Gasteiger partial charge in [-0.05, 0) is 24.3 Å². The molecule has 3 rings (SSSR count). The Kier molecular flexibility index (Phi) is 4.02. The Labute approximate surface area is 126 Å². The highest BCUT2D eigenvalue weighted by molar-refractivity contribution is 6.18. The van der Waals surface area contributed by atoms with Crippen molar-refractivity contribution in [3.05, 3.63) is 35.9 Å². The van der Waals surface area contributed by atoms with E-state index in [1.54, 1.807) is 0 Å². The van der Waals surface area contributed by atoms with Gasteiger partial charge < -0.3 is 4.90 Å². The first kappa shape index (κ1) is 13.9. The molecule has 0 bridgehead atoms. The smallest absolute Gasteiger partial charge is 0.222 e. The monoisotopic (exact) mass is 291 g/mol. The predicted octanol–water partition coefficient (Wildman–Crippen LogP) is 3.59. The molecule has 2 nitrogen and oxygen atoms in total. The molecule has 1 atom stereocenters. The molecule has 2 fully saturated rings. The fourth-order valence-corrected chi connectivity index (χ4v) is 4.06. The number of carbonyl (C=O) groups excluding carboxylic acids is 1. The molecular formula is C17H22ClNO. The van der Waals surface area contributed by atoms with Crippen LogP contribution in [0.5, 0.6) is 0 Å². The van der Waals surface area contributed by atoms with Crippen LogP contribution in [-0.2, 0) is 10.2 Å². The molecule has 0 spiro atoms. The van der Waals surface area contributed by atoms with Gasteiger partial charge in [0.1, 0.15) is 0 Å². The Balaban J connectivity index is 1.80. The zero-order valence-electron chi connectivity index (χ0n) is 11.9. The van der Waals surface area contributed by atoms with Gasteiger partial charge in [0.15, 0.2) is 0 Å². The van der Waals surface area contributed by atoms with Crippen molar-refractivity contribution in [2.75, 3.05) is 19.0 Å². The number of hydrogen-bond acceptors (Lipinski definition) is 1. The van der Waals surface area contributed by atoms with Crippen LogP contribution in [0, 0.1) is 5.92 Å². The highest BCUT2D eigenvalue weighted by Gasteiger charge is 2.40. The Bertz CT molecular complexity index is 467. The van der Waals surface area contributed by atoms with Gasteiger partial charge >= 0.3 is 0 Å². The number of rotatable bonds is 4. The Morgan fingerprint density at radius 2 is 1.90 bits per heavy atom. The molecule has 2 aliphatic rings. The van der Waals surface area contributed by atoms with Crippen LogP contribution in [0.4, 0.5) is 0 Å². The quantitative estimate of drug-likeness (QED) is 0.777. The van der Waals surface area contributed by atoms with E-state index in [1.807, 2.05) is 0 Å². The standard InChI is InChI=1S/C17H22ClNO/c18-11-14-10-16(20)19(12-14)13-17(8-4-5-9-17)15-6-2-1-3-7-15/h1-3,6-7,14H,4-5,8-13H2. The van der Waals surface area contributed by atoms with Gasteiger partial charge in [-0.25, -0.2) is 0 Å². The molecule has 108 valence electrons. The average Bonchev–Trinajstić information content (AvgIpc) is 3.09. The maximum atomic E-state index is 12.2. The highest BCUT2D eigenvalue weighted by Crippen LogP contribution is 2.42. The normalized spacial score (nSPS) is 25.4. The number of amides is 1. The molecule has 1 heterocycles. The number of hydrogen-bond donors (Lipinski definition) is 0. The van der Waals surface area contributed by atoms with E-state index in [9.17, 15) is 4.79 Å². The van der Waals surface area contributed by atoms with Gasteiger partial charge in [0.2, 0.25) is 5.91 Å². The number of benzene rings is 1. The van der Waals surface area contributed by atoms with Crippen LogP contribution in [0.1, 0.15) is 37.7 Å². The molecule has 1 saturated heterocycles. The second-order valence-electron chi connectivity index (χ2n) is 6.35. The maximum absolute atomic E-state index is 12.2. The van der Waals surface area contributed by atoms with Crippen molar-refractivity contribution >= 4 is 17.5 Å². The van der Waals surface area contributed by atoms with Gasteiger partial charge in [0.05, 0.1) is 0 Å². The van der Waals surface area contributed by atoms with Gasteiger partial charge in [-0.3, -0.25) is 4.79 Å². The van der Waals surface area contributed by atoms with Gasteiger partial charge in [-0.15, -0.1) is 11.6 Å². The van der Waals surface area contributed by atoms with Crippen molar-refractivity contribution in [3.8, 4) is 0 Å². The number of alkyl halides is 1. The van der Waals surface area contributed by atoms with E-state index in [0.29, 0.717) is 18.2 Å². The minimum absolute atomic E-state index is 0.179. The topological polar surface area (TPSA) is 20.3 Å². The van der Waals surface area contributed by atoms with Crippen LogP contribution in [0.2, 0.25) is 0 Å². The van der Waals surface area contributed by atoms with Crippen LogP contribution in [0.15, 0.2) is 30.3 Å². The summed E-state index contributed by atoms with van der Waals surface area (Å²) >= 11 is 5.93. The molecular weight excluding hydrogens is 270 g/mol. The van der Waals surface area contributed by atoms with E-state index in [1.165, 1.54) is 31.2 Å². The molecule has 20 heavy (non-hydrogen) atoms. The van der Waals surface area contributed by atoms with Crippen molar-refractivity contribution in [2.45, 2.75) is 37.5 Å². The van der Waals surface area contributed by atoms with Crippen LogP contribution >= 0.6 is 11.6 Å². The average molecular weight is 292 g/mol. The molecule has 0 aromatic heterocycles. The second-order valence-corrected chi connectivity index (χ2v) is 6.66. The van der Waals surface area contributed by atoms with E-state index in [0.717, 1.165) is 13.1 Å². The predicted molar refractivity (Wildman–Crippen MR) is 82.0 cm³/mol. The maximum Gasteiger partial charge on any atom is 0.222 e. The summed E-state index contributed by atoms with van der Waals surface area (Å²) in [4.78, 5) is 14.2. The summed E-state index contributed by atoms with van der Waals surface area (Å²) in [5.41, 5.74) is 1.58. The van der Waals surface area contributed by atoms with Crippen LogP contribution in [0.3, 0.4) is 0 Å². The first-order valence-corrected chi connectivity index (χ1v) is 8.16. The number of likely N-dealkylation sites (tertiary alicyclic amines) is 1. The third-order valence-corrected chi connectivity index (χ3v) is 5.39. The minimum atomic E-state index is 0.179. The lowest BCUT2D eigenvalue weighted by Crippen LogP contribution is -2.40. The molecule has 1 amide bonds. The summed E-state index contributed by atoms with van der Waals surface area (Å²) in [6.45, 7) is 1.72. The lowest BCUT2D eigenvalue weighted by Gasteiger charge is -2.34. The highest BCUT2D eigenvalue weighted by atomic mass is 35.5. The Morgan fingerprint density at radius 1 is 1.20 bits per heavy atom. The number of nitrogens with zero attached hydrogens (tertiary/aromatic N) is 1. The summed E-state index contributed by atoms with van der Waals surface area (Å²) in [7, 11) is 0. The molecule has 1 unspecified atom stereocenters.